The first kappa shape index (κ1) is 23.1. The van der Waals surface area contributed by atoms with E-state index >= 15 is 0 Å². The lowest BCUT2D eigenvalue weighted by Crippen LogP contribution is -2.43. The first-order valence-corrected chi connectivity index (χ1v) is 11.8. The van der Waals surface area contributed by atoms with Crippen molar-refractivity contribution in [3.8, 4) is 0 Å². The SMILES string of the molecule is C=CCNS(=O)(=O)c1cccc(C(=O)NCc2cccc(CN3CCN(C)CC3)c2)c1. The van der Waals surface area contributed by atoms with E-state index in [1.807, 2.05) is 12.1 Å². The molecule has 2 aromatic carbocycles. The molecular weight excluding hydrogens is 412 g/mol. The van der Waals surface area contributed by atoms with E-state index in [1.165, 1.54) is 23.8 Å². The molecular formula is C23H30N4O3S. The number of amides is 1. The fourth-order valence-electron chi connectivity index (χ4n) is 3.44. The summed E-state index contributed by atoms with van der Waals surface area (Å²) in [4.78, 5) is 17.4. The number of hydrogen-bond donors (Lipinski definition) is 2. The van der Waals surface area contributed by atoms with Crippen LogP contribution >= 0.6 is 0 Å². The van der Waals surface area contributed by atoms with Gasteiger partial charge in [-0.2, -0.15) is 0 Å². The van der Waals surface area contributed by atoms with E-state index in [-0.39, 0.29) is 17.3 Å². The lowest BCUT2D eigenvalue weighted by atomic mass is 10.1. The Kier molecular flexibility index (Phi) is 7.97. The molecule has 0 spiro atoms. The molecule has 1 saturated heterocycles. The van der Waals surface area contributed by atoms with Gasteiger partial charge in [0.25, 0.3) is 5.91 Å². The number of benzene rings is 2. The van der Waals surface area contributed by atoms with Crippen molar-refractivity contribution in [3.05, 3.63) is 77.9 Å². The van der Waals surface area contributed by atoms with Gasteiger partial charge in [0.1, 0.15) is 0 Å². The number of piperazine rings is 1. The van der Waals surface area contributed by atoms with Gasteiger partial charge < -0.3 is 10.2 Å². The molecule has 0 aliphatic carbocycles. The van der Waals surface area contributed by atoms with Crippen LogP contribution in [-0.4, -0.2) is 63.9 Å². The highest BCUT2D eigenvalue weighted by Crippen LogP contribution is 2.13. The molecule has 1 amide bonds. The molecule has 0 bridgehead atoms. The van der Waals surface area contributed by atoms with E-state index in [4.69, 9.17) is 0 Å². The van der Waals surface area contributed by atoms with Crippen LogP contribution in [0.3, 0.4) is 0 Å². The number of rotatable bonds is 9. The third-order valence-corrected chi connectivity index (χ3v) is 6.69. The summed E-state index contributed by atoms with van der Waals surface area (Å²) in [5.41, 5.74) is 2.53. The van der Waals surface area contributed by atoms with Crippen LogP contribution in [0, 0.1) is 0 Å². The summed E-state index contributed by atoms with van der Waals surface area (Å²) in [7, 11) is -1.54. The van der Waals surface area contributed by atoms with Gasteiger partial charge in [0.15, 0.2) is 0 Å². The minimum absolute atomic E-state index is 0.0520. The van der Waals surface area contributed by atoms with Gasteiger partial charge in [-0.15, -0.1) is 6.58 Å². The summed E-state index contributed by atoms with van der Waals surface area (Å²) in [6.07, 6.45) is 1.46. The third-order valence-electron chi connectivity index (χ3n) is 5.27. The van der Waals surface area contributed by atoms with Gasteiger partial charge in [0.05, 0.1) is 4.90 Å². The maximum atomic E-state index is 12.6. The van der Waals surface area contributed by atoms with Gasteiger partial charge in [0.2, 0.25) is 10.0 Å². The predicted octanol–water partition coefficient (Wildman–Crippen LogP) is 1.83. The molecule has 1 fully saturated rings. The van der Waals surface area contributed by atoms with Crippen LogP contribution in [-0.2, 0) is 23.1 Å². The zero-order valence-electron chi connectivity index (χ0n) is 17.9. The summed E-state index contributed by atoms with van der Waals surface area (Å²) in [5.74, 6) is -0.315. The molecule has 0 aromatic heterocycles. The van der Waals surface area contributed by atoms with Gasteiger partial charge in [-0.3, -0.25) is 9.69 Å². The number of nitrogens with one attached hydrogen (secondary N) is 2. The first-order chi connectivity index (χ1) is 14.9. The topological polar surface area (TPSA) is 81.7 Å². The molecule has 7 nitrogen and oxygen atoms in total. The van der Waals surface area contributed by atoms with Gasteiger partial charge >= 0.3 is 0 Å². The van der Waals surface area contributed by atoms with Crippen LogP contribution in [0.5, 0.6) is 0 Å². The highest BCUT2D eigenvalue weighted by atomic mass is 32.2. The molecule has 1 heterocycles. The monoisotopic (exact) mass is 442 g/mol. The zero-order valence-corrected chi connectivity index (χ0v) is 18.7. The van der Waals surface area contributed by atoms with Gasteiger partial charge in [0, 0.05) is 51.4 Å². The van der Waals surface area contributed by atoms with Crippen molar-refractivity contribution in [1.29, 1.82) is 0 Å². The lowest BCUT2D eigenvalue weighted by Gasteiger charge is -2.32. The number of carbonyl (C=O) groups excluding carboxylic acids is 1. The van der Waals surface area contributed by atoms with Crippen LogP contribution in [0.2, 0.25) is 0 Å². The fourth-order valence-corrected chi connectivity index (χ4v) is 4.49. The van der Waals surface area contributed by atoms with Crippen LogP contribution in [0.4, 0.5) is 0 Å². The summed E-state index contributed by atoms with van der Waals surface area (Å²) < 4.78 is 26.9. The van der Waals surface area contributed by atoms with E-state index in [2.05, 4.69) is 45.6 Å². The van der Waals surface area contributed by atoms with Crippen molar-refractivity contribution in [1.82, 2.24) is 19.8 Å². The van der Waals surface area contributed by atoms with Crippen molar-refractivity contribution < 1.29 is 13.2 Å². The lowest BCUT2D eigenvalue weighted by molar-refractivity contribution is 0.0950. The minimum atomic E-state index is -3.68. The quantitative estimate of drug-likeness (QED) is 0.579. The van der Waals surface area contributed by atoms with Crippen molar-refractivity contribution in [3.63, 3.8) is 0 Å². The zero-order chi connectivity index (χ0) is 22.3. The molecule has 3 rings (SSSR count). The second kappa shape index (κ2) is 10.7. The normalized spacial score (nSPS) is 15.5. The number of sulfonamides is 1. The average Bonchev–Trinajstić information content (AvgIpc) is 2.78. The molecule has 166 valence electrons. The summed E-state index contributed by atoms with van der Waals surface area (Å²) in [6, 6.07) is 14.2. The Labute approximate surface area is 184 Å². The van der Waals surface area contributed by atoms with Crippen molar-refractivity contribution in [2.45, 2.75) is 18.0 Å². The first-order valence-electron chi connectivity index (χ1n) is 10.3. The number of nitrogens with zero attached hydrogens (tertiary/aromatic N) is 2. The van der Waals surface area contributed by atoms with Gasteiger partial charge in [-0.05, 0) is 36.4 Å². The summed E-state index contributed by atoms with van der Waals surface area (Å²) in [5, 5.41) is 2.88. The number of likely N-dealkylation sites (N-methyl/N-ethyl adjacent to an activating group) is 1. The average molecular weight is 443 g/mol. The van der Waals surface area contributed by atoms with Crippen LogP contribution in [0.25, 0.3) is 0 Å². The Morgan fingerprint density at radius 1 is 1.06 bits per heavy atom. The Morgan fingerprint density at radius 2 is 1.77 bits per heavy atom. The molecule has 0 saturated carbocycles. The van der Waals surface area contributed by atoms with Crippen LogP contribution < -0.4 is 10.0 Å². The third kappa shape index (κ3) is 6.73. The molecule has 2 N–H and O–H groups in total. The molecule has 0 unspecified atom stereocenters. The second-order valence-corrected chi connectivity index (χ2v) is 9.52. The molecule has 8 heteroatoms. The van der Waals surface area contributed by atoms with Crippen LogP contribution in [0.1, 0.15) is 21.5 Å². The highest BCUT2D eigenvalue weighted by molar-refractivity contribution is 7.89. The molecule has 0 radical (unpaired) electrons. The predicted molar refractivity (Wildman–Crippen MR) is 122 cm³/mol. The maximum Gasteiger partial charge on any atom is 0.251 e. The van der Waals surface area contributed by atoms with Crippen molar-refractivity contribution >= 4 is 15.9 Å². The number of carbonyl (C=O) groups is 1. The van der Waals surface area contributed by atoms with E-state index in [9.17, 15) is 13.2 Å². The van der Waals surface area contributed by atoms with Crippen molar-refractivity contribution in [2.24, 2.45) is 0 Å². The summed E-state index contributed by atoms with van der Waals surface area (Å²) >= 11 is 0. The molecule has 1 aliphatic heterocycles. The van der Waals surface area contributed by atoms with E-state index < -0.39 is 10.0 Å². The highest BCUT2D eigenvalue weighted by Gasteiger charge is 2.16. The van der Waals surface area contributed by atoms with Crippen LogP contribution in [0.15, 0.2) is 66.1 Å². The minimum Gasteiger partial charge on any atom is -0.348 e. The Morgan fingerprint density at radius 3 is 2.52 bits per heavy atom. The van der Waals surface area contributed by atoms with Gasteiger partial charge in [-0.25, -0.2) is 13.1 Å². The van der Waals surface area contributed by atoms with E-state index in [0.717, 1.165) is 38.3 Å². The smallest absolute Gasteiger partial charge is 0.251 e. The largest absolute Gasteiger partial charge is 0.348 e. The maximum absolute atomic E-state index is 12.6. The standard InChI is InChI=1S/C23H30N4O3S/c1-3-10-25-31(29,30)22-9-5-8-21(16-22)23(28)24-17-19-6-4-7-20(15-19)18-27-13-11-26(2)12-14-27/h3-9,15-16,25H,1,10-14,17-18H2,2H3,(H,24,28). The molecule has 31 heavy (non-hydrogen) atoms. The van der Waals surface area contributed by atoms with Gasteiger partial charge in [-0.1, -0.05) is 36.4 Å². The fraction of sp³-hybridized carbons (Fsp3) is 0.348. The van der Waals surface area contributed by atoms with Crippen molar-refractivity contribution in [2.75, 3.05) is 39.8 Å². The molecule has 1 aliphatic rings. The van der Waals surface area contributed by atoms with E-state index in [1.54, 1.807) is 12.1 Å². The number of hydrogen-bond acceptors (Lipinski definition) is 5. The Bertz CT molecular complexity index is 1010. The molecule has 2 aromatic rings. The summed E-state index contributed by atoms with van der Waals surface area (Å²) in [6.45, 7) is 9.16. The Balaban J connectivity index is 1.59. The molecule has 0 atom stereocenters. The second-order valence-electron chi connectivity index (χ2n) is 7.75. The Hall–Kier alpha value is -2.52. The van der Waals surface area contributed by atoms with E-state index in [0.29, 0.717) is 12.1 Å².